The lowest BCUT2D eigenvalue weighted by molar-refractivity contribution is 0.263. The van der Waals surface area contributed by atoms with Crippen molar-refractivity contribution in [2.75, 3.05) is 14.1 Å². The Labute approximate surface area is 104 Å². The van der Waals surface area contributed by atoms with E-state index in [-0.39, 0.29) is 5.96 Å². The van der Waals surface area contributed by atoms with Crippen LogP contribution in [-0.4, -0.2) is 36.5 Å². The van der Waals surface area contributed by atoms with E-state index in [1.165, 1.54) is 0 Å². The number of aliphatic imine (C=N–C) groups is 1. The maximum absolute atomic E-state index is 10.2. The van der Waals surface area contributed by atoms with Gasteiger partial charge in [-0.2, -0.15) is 0 Å². The molecule has 0 saturated heterocycles. The molecule has 0 unspecified atom stereocenters. The molecule has 6 N–H and O–H groups in total. The molecule has 0 aromatic heterocycles. The molecule has 0 atom stereocenters. The Morgan fingerprint density at radius 2 is 1.69 bits per heavy atom. The summed E-state index contributed by atoms with van der Waals surface area (Å²) in [7, 11) is 3.22. The molecule has 0 saturated carbocycles. The zero-order chi connectivity index (χ0) is 13.1. The van der Waals surface area contributed by atoms with E-state index in [0.717, 1.165) is 0 Å². The van der Waals surface area contributed by atoms with Gasteiger partial charge in [0.2, 0.25) is 0 Å². The number of nitrogens with one attached hydrogen (secondary N) is 4. The third-order valence-corrected chi connectivity index (χ3v) is 1.15. The molecular formula is C6H14N6O2S2. The van der Waals surface area contributed by atoms with E-state index in [0.29, 0.717) is 5.96 Å². The number of thiol groups is 2. The summed E-state index contributed by atoms with van der Waals surface area (Å²) < 4.78 is 0. The van der Waals surface area contributed by atoms with Gasteiger partial charge in [-0.3, -0.25) is 30.6 Å². The van der Waals surface area contributed by atoms with Gasteiger partial charge < -0.3 is 11.1 Å². The van der Waals surface area contributed by atoms with Crippen molar-refractivity contribution in [3.63, 3.8) is 0 Å². The fourth-order valence-corrected chi connectivity index (χ4v) is 0.673. The van der Waals surface area contributed by atoms with Crippen molar-refractivity contribution in [1.82, 2.24) is 16.0 Å². The smallest absolute Gasteiger partial charge is 0.282 e. The maximum atomic E-state index is 10.2. The van der Waals surface area contributed by atoms with Crippen LogP contribution in [0, 0.1) is 5.41 Å². The molecule has 92 valence electrons. The first-order valence-electron chi connectivity index (χ1n) is 3.81. The normalized spacial score (nSPS) is 9.38. The lowest BCUT2D eigenvalue weighted by Crippen LogP contribution is -2.36. The highest BCUT2D eigenvalue weighted by Gasteiger charge is 1.94. The van der Waals surface area contributed by atoms with E-state index < -0.39 is 10.5 Å². The summed E-state index contributed by atoms with van der Waals surface area (Å²) in [5.74, 6) is 0.0231. The van der Waals surface area contributed by atoms with Crippen molar-refractivity contribution in [2.45, 2.75) is 0 Å². The summed E-state index contributed by atoms with van der Waals surface area (Å²) in [6.07, 6.45) is 0. The predicted molar refractivity (Wildman–Crippen MR) is 69.4 cm³/mol. The highest BCUT2D eigenvalue weighted by Crippen LogP contribution is 1.74. The van der Waals surface area contributed by atoms with Crippen molar-refractivity contribution in [3.05, 3.63) is 0 Å². The van der Waals surface area contributed by atoms with Crippen molar-refractivity contribution < 1.29 is 9.59 Å². The summed E-state index contributed by atoms with van der Waals surface area (Å²) in [5, 5.41) is 12.3. The quantitative estimate of drug-likeness (QED) is 0.178. The van der Waals surface area contributed by atoms with Gasteiger partial charge >= 0.3 is 0 Å². The molecule has 0 aliphatic carbocycles. The highest BCUT2D eigenvalue weighted by atomic mass is 32.1. The van der Waals surface area contributed by atoms with Gasteiger partial charge in [-0.1, -0.05) is 25.3 Å². The SMILES string of the molecule is C/N=C(\NC)NC(=O)S.N=C(N)NC(=O)S. The van der Waals surface area contributed by atoms with Gasteiger partial charge in [-0.25, -0.2) is 0 Å². The highest BCUT2D eigenvalue weighted by molar-refractivity contribution is 7.96. The number of carbonyl (C=O) groups excluding carboxylic acids is 2. The van der Waals surface area contributed by atoms with E-state index in [4.69, 9.17) is 11.1 Å². The molecule has 16 heavy (non-hydrogen) atoms. The Morgan fingerprint density at radius 1 is 1.25 bits per heavy atom. The minimum Gasteiger partial charge on any atom is -0.370 e. The molecule has 0 aliphatic heterocycles. The minimum absolute atomic E-state index is 0.389. The summed E-state index contributed by atoms with van der Waals surface area (Å²) in [5.41, 5.74) is 4.70. The number of nitrogens with zero attached hydrogens (tertiary/aromatic N) is 1. The molecule has 0 rings (SSSR count). The number of hydrogen-bond acceptors (Lipinski definition) is 4. The monoisotopic (exact) mass is 266 g/mol. The third-order valence-electron chi connectivity index (χ3n) is 0.927. The Bertz CT molecular complexity index is 281. The Kier molecular flexibility index (Phi) is 10.7. The van der Waals surface area contributed by atoms with Gasteiger partial charge in [0.15, 0.2) is 11.9 Å². The molecule has 0 spiro atoms. The van der Waals surface area contributed by atoms with Crippen molar-refractivity contribution >= 4 is 47.7 Å². The second kappa shape index (κ2) is 10.1. The van der Waals surface area contributed by atoms with Crippen LogP contribution < -0.4 is 21.7 Å². The minimum atomic E-state index is -0.618. The number of nitrogens with two attached hydrogens (primary N) is 1. The Morgan fingerprint density at radius 3 is 1.75 bits per heavy atom. The number of guanidine groups is 2. The zero-order valence-corrected chi connectivity index (χ0v) is 10.5. The van der Waals surface area contributed by atoms with Gasteiger partial charge in [0, 0.05) is 14.1 Å². The van der Waals surface area contributed by atoms with Gasteiger partial charge in [0.05, 0.1) is 0 Å². The Balaban J connectivity index is 0. The van der Waals surface area contributed by atoms with Crippen molar-refractivity contribution in [1.29, 1.82) is 5.41 Å². The first-order chi connectivity index (χ1) is 7.33. The number of rotatable bonds is 0. The summed E-state index contributed by atoms with van der Waals surface area (Å²) >= 11 is 6.74. The molecule has 2 amide bonds. The van der Waals surface area contributed by atoms with Crippen molar-refractivity contribution in [2.24, 2.45) is 10.7 Å². The average Bonchev–Trinajstić information content (AvgIpc) is 2.12. The maximum Gasteiger partial charge on any atom is 0.282 e. The van der Waals surface area contributed by atoms with Crippen LogP contribution in [0.15, 0.2) is 4.99 Å². The molecule has 0 aromatic rings. The van der Waals surface area contributed by atoms with Gasteiger partial charge in [-0.15, -0.1) is 0 Å². The van der Waals surface area contributed by atoms with Gasteiger partial charge in [0.25, 0.3) is 10.5 Å². The molecule has 0 fully saturated rings. The van der Waals surface area contributed by atoms with Crippen LogP contribution in [0.1, 0.15) is 0 Å². The number of hydrogen-bond donors (Lipinski definition) is 7. The number of carbonyl (C=O) groups is 2. The van der Waals surface area contributed by atoms with Crippen LogP contribution in [0.2, 0.25) is 0 Å². The number of amides is 2. The molecule has 0 heterocycles. The molecule has 0 radical (unpaired) electrons. The van der Waals surface area contributed by atoms with Gasteiger partial charge in [-0.05, 0) is 0 Å². The van der Waals surface area contributed by atoms with Crippen LogP contribution in [0.4, 0.5) is 9.59 Å². The molecule has 8 nitrogen and oxygen atoms in total. The van der Waals surface area contributed by atoms with E-state index in [2.05, 4.69) is 40.9 Å². The summed E-state index contributed by atoms with van der Waals surface area (Å²) in [6.45, 7) is 0. The van der Waals surface area contributed by atoms with E-state index in [1.807, 2.05) is 5.32 Å². The first-order valence-corrected chi connectivity index (χ1v) is 4.71. The van der Waals surface area contributed by atoms with Crippen LogP contribution in [0.5, 0.6) is 0 Å². The van der Waals surface area contributed by atoms with E-state index in [1.54, 1.807) is 14.1 Å². The van der Waals surface area contributed by atoms with Crippen molar-refractivity contribution in [3.8, 4) is 0 Å². The van der Waals surface area contributed by atoms with E-state index in [9.17, 15) is 9.59 Å². The lowest BCUT2D eigenvalue weighted by Gasteiger charge is -2.01. The molecule has 0 bridgehead atoms. The van der Waals surface area contributed by atoms with Crippen LogP contribution in [0.3, 0.4) is 0 Å². The topological polar surface area (TPSA) is 132 Å². The van der Waals surface area contributed by atoms with Crippen LogP contribution in [-0.2, 0) is 0 Å². The zero-order valence-electron chi connectivity index (χ0n) is 8.74. The third kappa shape index (κ3) is 15.1. The first kappa shape index (κ1) is 17.0. The fraction of sp³-hybridized carbons (Fsp3) is 0.333. The molecular weight excluding hydrogens is 252 g/mol. The molecule has 10 heteroatoms. The van der Waals surface area contributed by atoms with E-state index >= 15 is 0 Å². The van der Waals surface area contributed by atoms with Gasteiger partial charge in [0.1, 0.15) is 0 Å². The molecule has 0 aromatic carbocycles. The largest absolute Gasteiger partial charge is 0.370 e. The van der Waals surface area contributed by atoms with Crippen LogP contribution in [0.25, 0.3) is 0 Å². The lowest BCUT2D eigenvalue weighted by atomic mass is 10.9. The predicted octanol–water partition coefficient (Wildman–Crippen LogP) is -0.650. The standard InChI is InChI=1S/C4H9N3OS.C2H5N3OS/c1-5-3(6-2)7-4(8)9;3-1(4)5-2(6)7/h1-2H3,(H3,5,6,7,8,9);(H5,3,4,5,6,7). The van der Waals surface area contributed by atoms with Crippen LogP contribution >= 0.6 is 25.3 Å². The molecule has 0 aliphatic rings. The summed E-state index contributed by atoms with van der Waals surface area (Å²) in [4.78, 5) is 23.7. The second-order valence-corrected chi connectivity index (χ2v) is 2.91. The fourth-order valence-electron chi connectivity index (χ4n) is 0.447. The Hall–Kier alpha value is -1.42. The summed E-state index contributed by atoms with van der Waals surface area (Å²) in [6, 6.07) is 0. The second-order valence-electron chi connectivity index (χ2n) is 2.10. The average molecular weight is 266 g/mol.